The molecule has 3 heterocycles. The number of carbonyl (C=O) groups excluding carboxylic acids is 1. The van der Waals surface area contributed by atoms with Gasteiger partial charge in [0.1, 0.15) is 19.0 Å². The van der Waals surface area contributed by atoms with E-state index in [4.69, 9.17) is 25.5 Å². The molecule has 1 aromatic carbocycles. The molecule has 0 aliphatic carbocycles. The Balaban J connectivity index is 1.54. The van der Waals surface area contributed by atoms with Gasteiger partial charge in [0.2, 0.25) is 5.91 Å². The molecule has 1 aliphatic rings. The maximum absolute atomic E-state index is 13.1. The van der Waals surface area contributed by atoms with Crippen LogP contribution in [0.25, 0.3) is 0 Å². The Labute approximate surface area is 167 Å². The summed E-state index contributed by atoms with van der Waals surface area (Å²) in [6.07, 6.45) is 5.25. The normalized spacial score (nSPS) is 12.6. The average molecular weight is 399 g/mol. The third-order valence-corrected chi connectivity index (χ3v) is 4.67. The second-order valence-corrected chi connectivity index (χ2v) is 6.88. The number of pyridine rings is 1. The lowest BCUT2D eigenvalue weighted by Gasteiger charge is -2.23. The third kappa shape index (κ3) is 4.28. The van der Waals surface area contributed by atoms with Gasteiger partial charge in [0.25, 0.3) is 0 Å². The Morgan fingerprint density at radius 2 is 2.00 bits per heavy atom. The van der Waals surface area contributed by atoms with Gasteiger partial charge in [-0.15, -0.1) is 0 Å². The maximum Gasteiger partial charge on any atom is 0.227 e. The number of halogens is 1. The molecule has 0 bridgehead atoms. The molecule has 4 rings (SSSR count). The topological polar surface area (TPSA) is 64.8 Å². The fourth-order valence-corrected chi connectivity index (χ4v) is 3.38. The summed E-state index contributed by atoms with van der Waals surface area (Å²) in [7, 11) is 0. The molecule has 0 saturated heterocycles. The molecule has 2 aromatic heterocycles. The number of hydrogen-bond acceptors (Lipinski definition) is 5. The molecular weight excluding hydrogens is 380 g/mol. The van der Waals surface area contributed by atoms with Crippen molar-refractivity contribution in [2.45, 2.75) is 19.5 Å². The van der Waals surface area contributed by atoms with E-state index in [1.807, 2.05) is 30.3 Å². The predicted octanol–water partition coefficient (Wildman–Crippen LogP) is 3.87. The lowest BCUT2D eigenvalue weighted by molar-refractivity contribution is -0.132. The smallest absolute Gasteiger partial charge is 0.227 e. The first-order valence-electron chi connectivity index (χ1n) is 8.96. The standard InChI is InChI=1S/C21H19ClN2O4/c22-18-9-16(10-19-21(18)28-8-7-27-19)11-20(25)24(14-17-4-2-6-26-17)13-15-3-1-5-23-12-15/h1-6,9-10,12H,7-8,11,13-14H2. The Morgan fingerprint density at radius 1 is 1.11 bits per heavy atom. The molecule has 1 amide bonds. The van der Waals surface area contributed by atoms with E-state index in [9.17, 15) is 4.79 Å². The van der Waals surface area contributed by atoms with Crippen molar-refractivity contribution in [2.75, 3.05) is 13.2 Å². The van der Waals surface area contributed by atoms with Crippen molar-refractivity contribution in [3.05, 3.63) is 77.0 Å². The van der Waals surface area contributed by atoms with E-state index in [0.717, 1.165) is 16.9 Å². The van der Waals surface area contributed by atoms with Crippen LogP contribution in [0.3, 0.4) is 0 Å². The number of carbonyl (C=O) groups is 1. The predicted molar refractivity (Wildman–Crippen MR) is 103 cm³/mol. The molecule has 0 radical (unpaired) electrons. The van der Waals surface area contributed by atoms with Gasteiger partial charge < -0.3 is 18.8 Å². The fraction of sp³-hybridized carbons (Fsp3) is 0.238. The highest BCUT2D eigenvalue weighted by Crippen LogP contribution is 2.38. The largest absolute Gasteiger partial charge is 0.486 e. The van der Waals surface area contributed by atoms with Gasteiger partial charge >= 0.3 is 0 Å². The van der Waals surface area contributed by atoms with Crippen molar-refractivity contribution < 1.29 is 18.7 Å². The van der Waals surface area contributed by atoms with Crippen LogP contribution in [0.2, 0.25) is 5.02 Å². The Bertz CT molecular complexity index is 945. The highest BCUT2D eigenvalue weighted by Gasteiger charge is 2.21. The molecule has 1 aliphatic heterocycles. The van der Waals surface area contributed by atoms with E-state index in [-0.39, 0.29) is 12.3 Å². The molecule has 0 N–H and O–H groups in total. The molecule has 0 unspecified atom stereocenters. The number of furan rings is 1. The first-order valence-corrected chi connectivity index (χ1v) is 9.34. The summed E-state index contributed by atoms with van der Waals surface area (Å²) in [6.45, 7) is 1.74. The van der Waals surface area contributed by atoms with E-state index in [0.29, 0.717) is 42.8 Å². The molecule has 0 spiro atoms. The van der Waals surface area contributed by atoms with Gasteiger partial charge in [-0.1, -0.05) is 17.7 Å². The quantitative estimate of drug-likeness (QED) is 0.630. The molecule has 28 heavy (non-hydrogen) atoms. The zero-order valence-corrected chi connectivity index (χ0v) is 15.9. The van der Waals surface area contributed by atoms with Gasteiger partial charge in [0, 0.05) is 18.9 Å². The summed E-state index contributed by atoms with van der Waals surface area (Å²) >= 11 is 6.30. The first-order chi connectivity index (χ1) is 13.7. The molecule has 7 heteroatoms. The second-order valence-electron chi connectivity index (χ2n) is 6.47. The Kier molecular flexibility index (Phi) is 5.48. The first kappa shape index (κ1) is 18.4. The molecule has 6 nitrogen and oxygen atoms in total. The number of aromatic nitrogens is 1. The van der Waals surface area contributed by atoms with Crippen LogP contribution in [-0.2, 0) is 24.3 Å². The molecule has 0 fully saturated rings. The highest BCUT2D eigenvalue weighted by molar-refractivity contribution is 6.32. The number of benzene rings is 1. The molecular formula is C21H19ClN2O4. The summed E-state index contributed by atoms with van der Waals surface area (Å²) in [6, 6.07) is 11.0. The lowest BCUT2D eigenvalue weighted by Crippen LogP contribution is -2.31. The third-order valence-electron chi connectivity index (χ3n) is 4.39. The van der Waals surface area contributed by atoms with Crippen LogP contribution in [0.15, 0.2) is 59.5 Å². The zero-order chi connectivity index (χ0) is 19.3. The fourth-order valence-electron chi connectivity index (χ4n) is 3.09. The zero-order valence-electron chi connectivity index (χ0n) is 15.1. The van der Waals surface area contributed by atoms with Crippen LogP contribution in [0, 0.1) is 0 Å². The lowest BCUT2D eigenvalue weighted by atomic mass is 10.1. The summed E-state index contributed by atoms with van der Waals surface area (Å²) in [4.78, 5) is 18.9. The minimum Gasteiger partial charge on any atom is -0.486 e. The van der Waals surface area contributed by atoms with Crippen LogP contribution in [0.5, 0.6) is 11.5 Å². The summed E-state index contributed by atoms with van der Waals surface area (Å²) in [5.41, 5.74) is 1.72. The van der Waals surface area contributed by atoms with E-state index in [1.54, 1.807) is 29.6 Å². The summed E-state index contributed by atoms with van der Waals surface area (Å²) in [5, 5.41) is 0.449. The molecule has 144 valence electrons. The highest BCUT2D eigenvalue weighted by atomic mass is 35.5. The van der Waals surface area contributed by atoms with E-state index in [2.05, 4.69) is 4.98 Å². The van der Waals surface area contributed by atoms with Crippen LogP contribution >= 0.6 is 11.6 Å². The van der Waals surface area contributed by atoms with Gasteiger partial charge in [-0.25, -0.2) is 0 Å². The van der Waals surface area contributed by atoms with Gasteiger partial charge in [-0.2, -0.15) is 0 Å². The Morgan fingerprint density at radius 3 is 2.79 bits per heavy atom. The van der Waals surface area contributed by atoms with Crippen molar-refractivity contribution in [1.82, 2.24) is 9.88 Å². The van der Waals surface area contributed by atoms with Crippen molar-refractivity contribution in [2.24, 2.45) is 0 Å². The van der Waals surface area contributed by atoms with Crippen molar-refractivity contribution in [3.8, 4) is 11.5 Å². The minimum absolute atomic E-state index is 0.0482. The number of rotatable bonds is 6. The maximum atomic E-state index is 13.1. The van der Waals surface area contributed by atoms with Crippen molar-refractivity contribution in [1.29, 1.82) is 0 Å². The number of fused-ring (bicyclic) bond motifs is 1. The van der Waals surface area contributed by atoms with Crippen LogP contribution in [-0.4, -0.2) is 29.0 Å². The van der Waals surface area contributed by atoms with Crippen LogP contribution in [0.4, 0.5) is 0 Å². The summed E-state index contributed by atoms with van der Waals surface area (Å²) in [5.74, 6) is 1.78. The monoisotopic (exact) mass is 398 g/mol. The number of nitrogens with zero attached hydrogens (tertiary/aromatic N) is 2. The van der Waals surface area contributed by atoms with Crippen molar-refractivity contribution in [3.63, 3.8) is 0 Å². The van der Waals surface area contributed by atoms with Crippen molar-refractivity contribution >= 4 is 17.5 Å². The van der Waals surface area contributed by atoms with E-state index >= 15 is 0 Å². The second kappa shape index (κ2) is 8.35. The molecule has 0 saturated carbocycles. The van der Waals surface area contributed by atoms with Crippen LogP contribution < -0.4 is 9.47 Å². The number of ether oxygens (including phenoxy) is 2. The number of amides is 1. The van der Waals surface area contributed by atoms with Gasteiger partial charge in [0.15, 0.2) is 11.5 Å². The Hall–Kier alpha value is -2.99. The van der Waals surface area contributed by atoms with E-state index < -0.39 is 0 Å². The SMILES string of the molecule is O=C(Cc1cc(Cl)c2c(c1)OCCO2)N(Cc1cccnc1)Cc1ccco1. The van der Waals surface area contributed by atoms with Gasteiger partial charge in [0.05, 0.1) is 24.3 Å². The molecule has 3 aromatic rings. The van der Waals surface area contributed by atoms with E-state index in [1.165, 1.54) is 0 Å². The minimum atomic E-state index is -0.0482. The number of hydrogen-bond donors (Lipinski definition) is 0. The molecule has 0 atom stereocenters. The van der Waals surface area contributed by atoms with Gasteiger partial charge in [-0.05, 0) is 41.5 Å². The van der Waals surface area contributed by atoms with Gasteiger partial charge in [-0.3, -0.25) is 9.78 Å². The van der Waals surface area contributed by atoms with Crippen LogP contribution in [0.1, 0.15) is 16.9 Å². The average Bonchev–Trinajstić information content (AvgIpc) is 3.21. The summed E-state index contributed by atoms with van der Waals surface area (Å²) < 4.78 is 16.6.